The third kappa shape index (κ3) is 7.41. The van der Waals surface area contributed by atoms with Crippen molar-refractivity contribution in [1.82, 2.24) is 9.80 Å². The van der Waals surface area contributed by atoms with Gasteiger partial charge in [0.05, 0.1) is 19.2 Å². The first kappa shape index (κ1) is 26.4. The number of benzene rings is 1. The van der Waals surface area contributed by atoms with E-state index in [1.165, 1.54) is 42.5 Å². The summed E-state index contributed by atoms with van der Waals surface area (Å²) in [6.07, 6.45) is 9.57. The van der Waals surface area contributed by atoms with Gasteiger partial charge in [-0.25, -0.2) is 0 Å². The Bertz CT molecular complexity index is 883. The number of carbonyl (C=O) groups is 2. The molecule has 0 spiro atoms. The van der Waals surface area contributed by atoms with Gasteiger partial charge in [0.15, 0.2) is 0 Å². The summed E-state index contributed by atoms with van der Waals surface area (Å²) in [5.41, 5.74) is 2.33. The van der Waals surface area contributed by atoms with Crippen LogP contribution in [0.5, 0.6) is 0 Å². The van der Waals surface area contributed by atoms with Crippen molar-refractivity contribution in [3.8, 4) is 0 Å². The fourth-order valence-corrected chi connectivity index (χ4v) is 5.62. The van der Waals surface area contributed by atoms with Crippen LogP contribution in [0, 0.1) is 0 Å². The number of hydrogen-bond acceptors (Lipinski definition) is 4. The first-order chi connectivity index (χ1) is 16.7. The molecule has 34 heavy (non-hydrogen) atoms. The van der Waals surface area contributed by atoms with Crippen molar-refractivity contribution in [3.05, 3.63) is 57.8 Å². The average molecular weight is 485 g/mol. The van der Waals surface area contributed by atoms with Gasteiger partial charge in [-0.1, -0.05) is 75.8 Å². The Morgan fingerprint density at radius 2 is 1.79 bits per heavy atom. The molecule has 0 bridgehead atoms. The number of carbonyl (C=O) groups excluding carboxylic acids is 2. The Morgan fingerprint density at radius 3 is 2.53 bits per heavy atom. The van der Waals surface area contributed by atoms with Gasteiger partial charge in [-0.2, -0.15) is 0 Å². The van der Waals surface area contributed by atoms with Gasteiger partial charge in [0, 0.05) is 31.5 Å². The highest BCUT2D eigenvalue weighted by Gasteiger charge is 2.33. The molecule has 186 valence electrons. The second-order valence-electron chi connectivity index (χ2n) is 9.13. The molecule has 1 aromatic heterocycles. The quantitative estimate of drug-likeness (QED) is 0.317. The van der Waals surface area contributed by atoms with E-state index in [-0.39, 0.29) is 24.4 Å². The molecule has 1 atom stereocenters. The molecule has 6 heteroatoms. The molecule has 5 nitrogen and oxygen atoms in total. The van der Waals surface area contributed by atoms with Crippen molar-refractivity contribution in [2.45, 2.75) is 70.8 Å². The third-order valence-electron chi connectivity index (χ3n) is 6.64. The second kappa shape index (κ2) is 14.3. The summed E-state index contributed by atoms with van der Waals surface area (Å²) in [5.74, 6) is 0.0678. The van der Waals surface area contributed by atoms with E-state index in [0.717, 1.165) is 24.8 Å². The first-order valence-corrected chi connectivity index (χ1v) is 13.7. The molecule has 0 radical (unpaired) electrons. The lowest BCUT2D eigenvalue weighted by Crippen LogP contribution is -2.47. The Morgan fingerprint density at radius 1 is 1.06 bits per heavy atom. The molecular formula is C28H40N2O3S. The summed E-state index contributed by atoms with van der Waals surface area (Å²) in [4.78, 5) is 31.6. The van der Waals surface area contributed by atoms with Gasteiger partial charge in [0.2, 0.25) is 11.8 Å². The zero-order valence-electron chi connectivity index (χ0n) is 20.8. The smallest absolute Gasteiger partial charge is 0.242 e. The lowest BCUT2D eigenvalue weighted by molar-refractivity contribution is -0.142. The SMILES string of the molecule is CCCCCCCCCC(=O)N(CCOC)CC(=O)N1CCc2sccc2C1c1ccccc1. The summed E-state index contributed by atoms with van der Waals surface area (Å²) in [7, 11) is 1.63. The average Bonchev–Trinajstić information content (AvgIpc) is 3.34. The van der Waals surface area contributed by atoms with E-state index in [4.69, 9.17) is 4.74 Å². The maximum absolute atomic E-state index is 13.6. The molecular weight excluding hydrogens is 444 g/mol. The van der Waals surface area contributed by atoms with E-state index in [2.05, 4.69) is 30.5 Å². The van der Waals surface area contributed by atoms with E-state index in [9.17, 15) is 9.59 Å². The minimum absolute atomic E-state index is 0.00900. The standard InChI is InChI=1S/C28H40N2O3S/c1-3-4-5-6-7-8-12-15-26(31)29(19-20-33-2)22-27(32)30-18-16-25-24(17-21-34-25)28(30)23-13-10-9-11-14-23/h9-11,13-14,17,21,28H,3-8,12,15-16,18-20,22H2,1-2H3. The topological polar surface area (TPSA) is 49.9 Å². The van der Waals surface area contributed by atoms with Crippen LogP contribution in [-0.2, 0) is 20.7 Å². The lowest BCUT2D eigenvalue weighted by Gasteiger charge is -2.37. The number of hydrogen-bond donors (Lipinski definition) is 0. The van der Waals surface area contributed by atoms with Crippen molar-refractivity contribution in [1.29, 1.82) is 0 Å². The molecule has 0 fully saturated rings. The van der Waals surface area contributed by atoms with Crippen molar-refractivity contribution in [2.75, 3.05) is 33.4 Å². The second-order valence-corrected chi connectivity index (χ2v) is 10.1. The van der Waals surface area contributed by atoms with E-state index in [1.54, 1.807) is 23.3 Å². The summed E-state index contributed by atoms with van der Waals surface area (Å²) < 4.78 is 5.24. The number of fused-ring (bicyclic) bond motifs is 1. The molecule has 0 saturated heterocycles. The molecule has 0 saturated carbocycles. The van der Waals surface area contributed by atoms with Crippen LogP contribution in [0.4, 0.5) is 0 Å². The van der Waals surface area contributed by atoms with Gasteiger partial charge >= 0.3 is 0 Å². The lowest BCUT2D eigenvalue weighted by atomic mass is 9.93. The highest BCUT2D eigenvalue weighted by atomic mass is 32.1. The zero-order valence-corrected chi connectivity index (χ0v) is 21.7. The van der Waals surface area contributed by atoms with E-state index in [0.29, 0.717) is 26.1 Å². The fourth-order valence-electron chi connectivity index (χ4n) is 4.72. The predicted octanol–water partition coefficient (Wildman–Crippen LogP) is 5.84. The number of ether oxygens (including phenoxy) is 1. The maximum atomic E-state index is 13.6. The van der Waals surface area contributed by atoms with Gasteiger partial charge in [0.25, 0.3) is 0 Å². The number of thiophene rings is 1. The maximum Gasteiger partial charge on any atom is 0.242 e. The number of nitrogens with zero attached hydrogens (tertiary/aromatic N) is 2. The Hall–Kier alpha value is -2.18. The van der Waals surface area contributed by atoms with Crippen LogP contribution in [-0.4, -0.2) is 55.0 Å². The van der Waals surface area contributed by atoms with Crippen molar-refractivity contribution in [2.24, 2.45) is 0 Å². The van der Waals surface area contributed by atoms with E-state index in [1.807, 2.05) is 23.1 Å². The molecule has 0 N–H and O–H groups in total. The molecule has 0 aliphatic carbocycles. The number of amides is 2. The Kier molecular flexibility index (Phi) is 11.1. The Balaban J connectivity index is 1.63. The molecule has 1 aromatic carbocycles. The molecule has 2 amide bonds. The fraction of sp³-hybridized carbons (Fsp3) is 0.571. The summed E-state index contributed by atoms with van der Waals surface area (Å²) in [5, 5.41) is 2.12. The predicted molar refractivity (Wildman–Crippen MR) is 139 cm³/mol. The summed E-state index contributed by atoms with van der Waals surface area (Å²) >= 11 is 1.77. The van der Waals surface area contributed by atoms with Crippen LogP contribution in [0.3, 0.4) is 0 Å². The summed E-state index contributed by atoms with van der Waals surface area (Å²) in [6.45, 7) is 3.90. The molecule has 2 heterocycles. The van der Waals surface area contributed by atoms with Crippen LogP contribution in [0.1, 0.15) is 80.3 Å². The normalized spacial score (nSPS) is 15.2. The van der Waals surface area contributed by atoms with Gasteiger partial charge in [-0.3, -0.25) is 9.59 Å². The van der Waals surface area contributed by atoms with Crippen LogP contribution in [0.15, 0.2) is 41.8 Å². The first-order valence-electron chi connectivity index (χ1n) is 12.8. The van der Waals surface area contributed by atoms with Crippen LogP contribution < -0.4 is 0 Å². The van der Waals surface area contributed by atoms with E-state index < -0.39 is 0 Å². The number of methoxy groups -OCH3 is 1. The zero-order chi connectivity index (χ0) is 24.2. The summed E-state index contributed by atoms with van der Waals surface area (Å²) in [6, 6.07) is 12.3. The van der Waals surface area contributed by atoms with Crippen molar-refractivity contribution in [3.63, 3.8) is 0 Å². The molecule has 1 unspecified atom stereocenters. The largest absolute Gasteiger partial charge is 0.383 e. The van der Waals surface area contributed by atoms with Gasteiger partial charge < -0.3 is 14.5 Å². The molecule has 1 aliphatic rings. The van der Waals surface area contributed by atoms with Gasteiger partial charge in [0.1, 0.15) is 0 Å². The van der Waals surface area contributed by atoms with E-state index >= 15 is 0 Å². The third-order valence-corrected chi connectivity index (χ3v) is 7.64. The van der Waals surface area contributed by atoms with Crippen molar-refractivity contribution >= 4 is 23.2 Å². The van der Waals surface area contributed by atoms with Gasteiger partial charge in [-0.15, -0.1) is 11.3 Å². The minimum atomic E-state index is -0.0915. The van der Waals surface area contributed by atoms with Crippen LogP contribution in [0.25, 0.3) is 0 Å². The highest BCUT2D eigenvalue weighted by molar-refractivity contribution is 7.10. The van der Waals surface area contributed by atoms with Crippen molar-refractivity contribution < 1.29 is 14.3 Å². The number of rotatable bonds is 14. The van der Waals surface area contributed by atoms with Crippen LogP contribution >= 0.6 is 11.3 Å². The minimum Gasteiger partial charge on any atom is -0.383 e. The molecule has 3 rings (SSSR count). The highest BCUT2D eigenvalue weighted by Crippen LogP contribution is 2.37. The monoisotopic (exact) mass is 484 g/mol. The molecule has 2 aromatic rings. The van der Waals surface area contributed by atoms with Gasteiger partial charge in [-0.05, 0) is 35.4 Å². The number of unbranched alkanes of at least 4 members (excludes halogenated alkanes) is 6. The Labute approximate surface area is 209 Å². The molecule has 1 aliphatic heterocycles. The van der Waals surface area contributed by atoms with Crippen LogP contribution in [0.2, 0.25) is 0 Å².